The second kappa shape index (κ2) is 5.08. The predicted molar refractivity (Wildman–Crippen MR) is 57.8 cm³/mol. The van der Waals surface area contributed by atoms with Crippen LogP contribution in [0.25, 0.3) is 0 Å². The van der Waals surface area contributed by atoms with Gasteiger partial charge in [0.1, 0.15) is 0 Å². The van der Waals surface area contributed by atoms with Crippen LogP contribution in [0.15, 0.2) is 4.52 Å². The van der Waals surface area contributed by atoms with E-state index in [2.05, 4.69) is 15.5 Å². The van der Waals surface area contributed by atoms with E-state index in [0.29, 0.717) is 31.1 Å². The van der Waals surface area contributed by atoms with Crippen LogP contribution in [-0.4, -0.2) is 22.6 Å². The van der Waals surface area contributed by atoms with Crippen LogP contribution in [0.1, 0.15) is 50.2 Å². The third-order valence-electron chi connectivity index (χ3n) is 3.08. The molecule has 2 rings (SSSR count). The molecule has 1 saturated carbocycles. The molecule has 0 atom stereocenters. The molecule has 1 aliphatic rings. The first-order valence-electron chi connectivity index (χ1n) is 6.02. The molecule has 1 fully saturated rings. The number of hydrogen-bond donors (Lipinski definition) is 1. The van der Waals surface area contributed by atoms with Crippen molar-refractivity contribution in [3.05, 3.63) is 11.7 Å². The first kappa shape index (κ1) is 12.4. The minimum Gasteiger partial charge on any atom is -0.339 e. The van der Waals surface area contributed by atoms with Crippen molar-refractivity contribution in [3.8, 4) is 0 Å². The average Bonchev–Trinajstić information content (AvgIpc) is 2.75. The van der Waals surface area contributed by atoms with Gasteiger partial charge in [-0.3, -0.25) is 0 Å². The standard InChI is InChI=1S/C11H17F2N3O/c1-2-14-7-9-15-10(17-16-9)8-3-5-11(12,13)6-4-8/h8,14H,2-7H2,1H3. The van der Waals surface area contributed by atoms with Gasteiger partial charge in [-0.25, -0.2) is 8.78 Å². The van der Waals surface area contributed by atoms with Gasteiger partial charge in [0.2, 0.25) is 11.8 Å². The summed E-state index contributed by atoms with van der Waals surface area (Å²) in [7, 11) is 0. The Labute approximate surface area is 98.8 Å². The highest BCUT2D eigenvalue weighted by Gasteiger charge is 2.37. The third kappa shape index (κ3) is 3.21. The smallest absolute Gasteiger partial charge is 0.248 e. The molecule has 0 unspecified atom stereocenters. The lowest BCUT2D eigenvalue weighted by Gasteiger charge is -2.25. The molecular weight excluding hydrogens is 228 g/mol. The van der Waals surface area contributed by atoms with Crippen molar-refractivity contribution in [1.29, 1.82) is 0 Å². The molecule has 0 saturated heterocycles. The molecule has 1 N–H and O–H groups in total. The van der Waals surface area contributed by atoms with Crippen LogP contribution in [0.2, 0.25) is 0 Å². The molecule has 0 aliphatic heterocycles. The van der Waals surface area contributed by atoms with Gasteiger partial charge in [-0.2, -0.15) is 4.98 Å². The Morgan fingerprint density at radius 3 is 2.76 bits per heavy atom. The van der Waals surface area contributed by atoms with Gasteiger partial charge >= 0.3 is 0 Å². The SMILES string of the molecule is CCNCc1noc(C2CCC(F)(F)CC2)n1. The number of halogens is 2. The van der Waals surface area contributed by atoms with Gasteiger partial charge in [0, 0.05) is 18.8 Å². The van der Waals surface area contributed by atoms with Crippen molar-refractivity contribution in [3.63, 3.8) is 0 Å². The van der Waals surface area contributed by atoms with E-state index in [-0.39, 0.29) is 18.8 Å². The molecule has 1 aromatic rings. The van der Waals surface area contributed by atoms with Crippen LogP contribution >= 0.6 is 0 Å². The summed E-state index contributed by atoms with van der Waals surface area (Å²) in [6.07, 6.45) is 0.691. The number of rotatable bonds is 4. The summed E-state index contributed by atoms with van der Waals surface area (Å²) in [6.45, 7) is 3.38. The summed E-state index contributed by atoms with van der Waals surface area (Å²) >= 11 is 0. The summed E-state index contributed by atoms with van der Waals surface area (Å²) < 4.78 is 31.1. The largest absolute Gasteiger partial charge is 0.339 e. The summed E-state index contributed by atoms with van der Waals surface area (Å²) in [5.41, 5.74) is 0. The highest BCUT2D eigenvalue weighted by molar-refractivity contribution is 4.97. The number of nitrogens with one attached hydrogen (secondary N) is 1. The minimum absolute atomic E-state index is 0.00231. The van der Waals surface area contributed by atoms with Gasteiger partial charge in [0.15, 0.2) is 5.82 Å². The van der Waals surface area contributed by atoms with E-state index in [0.717, 1.165) is 6.54 Å². The molecule has 6 heteroatoms. The minimum atomic E-state index is -2.51. The first-order valence-corrected chi connectivity index (χ1v) is 6.02. The van der Waals surface area contributed by atoms with E-state index >= 15 is 0 Å². The normalized spacial score (nSPS) is 20.6. The third-order valence-corrected chi connectivity index (χ3v) is 3.08. The maximum Gasteiger partial charge on any atom is 0.248 e. The van der Waals surface area contributed by atoms with Crippen LogP contribution in [0.5, 0.6) is 0 Å². The second-order valence-electron chi connectivity index (χ2n) is 4.46. The van der Waals surface area contributed by atoms with Crippen molar-refractivity contribution in [2.24, 2.45) is 0 Å². The molecule has 0 amide bonds. The molecular formula is C11H17F2N3O. The van der Waals surface area contributed by atoms with Crippen molar-refractivity contribution in [1.82, 2.24) is 15.5 Å². The van der Waals surface area contributed by atoms with Gasteiger partial charge in [0.05, 0.1) is 6.54 Å². The van der Waals surface area contributed by atoms with Crippen LogP contribution in [0.3, 0.4) is 0 Å². The Bertz CT molecular complexity index is 357. The summed E-state index contributed by atoms with van der Waals surface area (Å²) in [6, 6.07) is 0. The van der Waals surface area contributed by atoms with E-state index in [1.807, 2.05) is 6.92 Å². The molecule has 96 valence electrons. The fourth-order valence-electron chi connectivity index (χ4n) is 2.03. The molecule has 17 heavy (non-hydrogen) atoms. The Balaban J connectivity index is 1.92. The zero-order chi connectivity index (χ0) is 12.3. The Kier molecular flexibility index (Phi) is 3.71. The van der Waals surface area contributed by atoms with Crippen LogP contribution in [0, 0.1) is 0 Å². The second-order valence-corrected chi connectivity index (χ2v) is 4.46. The lowest BCUT2D eigenvalue weighted by atomic mass is 9.87. The fourth-order valence-corrected chi connectivity index (χ4v) is 2.03. The molecule has 0 radical (unpaired) electrons. The van der Waals surface area contributed by atoms with E-state index in [1.54, 1.807) is 0 Å². The Morgan fingerprint density at radius 2 is 2.12 bits per heavy atom. The number of hydrogen-bond acceptors (Lipinski definition) is 4. The monoisotopic (exact) mass is 245 g/mol. The molecule has 0 bridgehead atoms. The van der Waals surface area contributed by atoms with Crippen molar-refractivity contribution in [2.75, 3.05) is 6.54 Å². The average molecular weight is 245 g/mol. The van der Waals surface area contributed by atoms with Gasteiger partial charge in [-0.15, -0.1) is 0 Å². The molecule has 1 aliphatic carbocycles. The lowest BCUT2D eigenvalue weighted by Crippen LogP contribution is -2.23. The topological polar surface area (TPSA) is 51.0 Å². The number of nitrogens with zero attached hydrogens (tertiary/aromatic N) is 2. The summed E-state index contributed by atoms with van der Waals surface area (Å²) in [5, 5.41) is 6.92. The maximum absolute atomic E-state index is 13.0. The predicted octanol–water partition coefficient (Wildman–Crippen LogP) is 2.47. The summed E-state index contributed by atoms with van der Waals surface area (Å²) in [5.74, 6) is -1.41. The van der Waals surface area contributed by atoms with Gasteiger partial charge in [-0.1, -0.05) is 12.1 Å². The number of aromatic nitrogens is 2. The van der Waals surface area contributed by atoms with Crippen molar-refractivity contribution in [2.45, 2.75) is 51.0 Å². The van der Waals surface area contributed by atoms with Crippen LogP contribution in [-0.2, 0) is 6.54 Å². The molecule has 1 aromatic heterocycles. The van der Waals surface area contributed by atoms with Crippen molar-refractivity contribution < 1.29 is 13.3 Å². The van der Waals surface area contributed by atoms with Crippen LogP contribution < -0.4 is 5.32 Å². The quantitative estimate of drug-likeness (QED) is 0.885. The zero-order valence-electron chi connectivity index (χ0n) is 9.88. The van der Waals surface area contributed by atoms with Gasteiger partial charge in [-0.05, 0) is 19.4 Å². The highest BCUT2D eigenvalue weighted by atomic mass is 19.3. The Hall–Kier alpha value is -1.04. The highest BCUT2D eigenvalue weighted by Crippen LogP contribution is 2.40. The van der Waals surface area contributed by atoms with Gasteiger partial charge < -0.3 is 9.84 Å². The molecule has 4 nitrogen and oxygen atoms in total. The van der Waals surface area contributed by atoms with E-state index in [4.69, 9.17) is 4.52 Å². The van der Waals surface area contributed by atoms with Crippen LogP contribution in [0.4, 0.5) is 8.78 Å². The zero-order valence-corrected chi connectivity index (χ0v) is 9.88. The fraction of sp³-hybridized carbons (Fsp3) is 0.818. The van der Waals surface area contributed by atoms with Crippen molar-refractivity contribution >= 4 is 0 Å². The van der Waals surface area contributed by atoms with E-state index < -0.39 is 5.92 Å². The van der Waals surface area contributed by atoms with Gasteiger partial charge in [0.25, 0.3) is 0 Å². The van der Waals surface area contributed by atoms with E-state index in [9.17, 15) is 8.78 Å². The lowest BCUT2D eigenvalue weighted by molar-refractivity contribution is -0.0402. The number of alkyl halides is 2. The maximum atomic E-state index is 13.0. The molecule has 1 heterocycles. The molecule has 0 spiro atoms. The van der Waals surface area contributed by atoms with E-state index in [1.165, 1.54) is 0 Å². The first-order chi connectivity index (χ1) is 8.11. The Morgan fingerprint density at radius 1 is 1.41 bits per heavy atom. The molecule has 0 aromatic carbocycles. The summed E-state index contributed by atoms with van der Waals surface area (Å²) in [4.78, 5) is 4.23.